The van der Waals surface area contributed by atoms with Gasteiger partial charge in [-0.25, -0.2) is 4.98 Å². The first kappa shape index (κ1) is 19.4. The predicted molar refractivity (Wildman–Crippen MR) is 112 cm³/mol. The summed E-state index contributed by atoms with van der Waals surface area (Å²) in [5.74, 6) is -0.723. The van der Waals surface area contributed by atoms with Gasteiger partial charge in [-0.05, 0) is 26.0 Å². The van der Waals surface area contributed by atoms with E-state index in [-0.39, 0.29) is 11.8 Å². The van der Waals surface area contributed by atoms with Crippen molar-refractivity contribution in [2.45, 2.75) is 20.4 Å². The number of benzene rings is 1. The van der Waals surface area contributed by atoms with Gasteiger partial charge < -0.3 is 14.2 Å². The molecule has 0 saturated carbocycles. The molecule has 1 aliphatic rings. The molecule has 0 spiro atoms. The Bertz CT molecular complexity index is 1050. The fourth-order valence-electron chi connectivity index (χ4n) is 3.46. The van der Waals surface area contributed by atoms with Crippen molar-refractivity contribution < 1.29 is 14.3 Å². The van der Waals surface area contributed by atoms with Crippen molar-refractivity contribution in [1.29, 1.82) is 0 Å². The number of fused-ring (bicyclic) bond motifs is 1. The second-order valence-corrected chi connectivity index (χ2v) is 7.73. The molecule has 1 aliphatic heterocycles. The Morgan fingerprint density at radius 2 is 1.90 bits per heavy atom. The van der Waals surface area contributed by atoms with Crippen molar-refractivity contribution in [1.82, 2.24) is 20.4 Å². The monoisotopic (exact) mass is 413 g/mol. The van der Waals surface area contributed by atoms with Gasteiger partial charge in [0.05, 0.1) is 18.9 Å². The highest BCUT2D eigenvalue weighted by Gasteiger charge is 2.21. The van der Waals surface area contributed by atoms with Gasteiger partial charge in [0.15, 0.2) is 5.13 Å². The molecule has 0 aliphatic carbocycles. The van der Waals surface area contributed by atoms with Crippen LogP contribution < -0.4 is 15.8 Å². The van der Waals surface area contributed by atoms with Gasteiger partial charge >= 0.3 is 0 Å². The van der Waals surface area contributed by atoms with Crippen LogP contribution in [0.2, 0.25) is 0 Å². The van der Waals surface area contributed by atoms with Crippen LogP contribution in [0.3, 0.4) is 0 Å². The van der Waals surface area contributed by atoms with E-state index in [1.165, 1.54) is 11.3 Å². The Hall–Kier alpha value is -2.91. The topological polar surface area (TPSA) is 88.5 Å². The molecule has 1 aromatic carbocycles. The first-order valence-corrected chi connectivity index (χ1v) is 10.4. The van der Waals surface area contributed by atoms with E-state index >= 15 is 0 Å². The molecule has 2 aromatic heterocycles. The number of nitrogens with one attached hydrogen (secondary N) is 2. The number of morpholine rings is 1. The van der Waals surface area contributed by atoms with Gasteiger partial charge in [0, 0.05) is 30.5 Å². The van der Waals surface area contributed by atoms with Gasteiger partial charge in [-0.1, -0.05) is 29.5 Å². The van der Waals surface area contributed by atoms with Crippen LogP contribution >= 0.6 is 11.3 Å². The van der Waals surface area contributed by atoms with E-state index in [9.17, 15) is 9.59 Å². The maximum atomic E-state index is 12.7. The number of aryl methyl sites for hydroxylation is 2. The molecule has 0 bridgehead atoms. The molecule has 152 valence electrons. The largest absolute Gasteiger partial charge is 0.378 e. The third kappa shape index (κ3) is 3.83. The van der Waals surface area contributed by atoms with Gasteiger partial charge in [0.25, 0.3) is 11.8 Å². The normalized spacial score (nSPS) is 14.2. The molecule has 1 fully saturated rings. The van der Waals surface area contributed by atoms with Crippen LogP contribution in [-0.4, -0.2) is 47.7 Å². The smallest absolute Gasteiger partial charge is 0.286 e. The Morgan fingerprint density at radius 3 is 2.66 bits per heavy atom. The maximum absolute atomic E-state index is 12.7. The standard InChI is InChI=1S/C20H23N5O3S/c1-3-25-15-7-5-4-6-14(15)12-16(25)18(26)22-23-19(27)17-13(2)21-20(29-17)24-8-10-28-11-9-24/h4-7,12H,3,8-11H2,1-2H3,(H,22,26)(H,23,27). The highest BCUT2D eigenvalue weighted by atomic mass is 32.1. The summed E-state index contributed by atoms with van der Waals surface area (Å²) in [5.41, 5.74) is 7.19. The maximum Gasteiger partial charge on any atom is 0.286 e. The molecule has 9 heteroatoms. The molecule has 4 rings (SSSR count). The summed E-state index contributed by atoms with van der Waals surface area (Å²) in [5, 5.41) is 1.78. The Labute approximate surface area is 172 Å². The number of hydrogen-bond donors (Lipinski definition) is 2. The van der Waals surface area contributed by atoms with E-state index in [4.69, 9.17) is 4.74 Å². The highest BCUT2D eigenvalue weighted by Crippen LogP contribution is 2.26. The van der Waals surface area contributed by atoms with Crippen molar-refractivity contribution in [3.8, 4) is 0 Å². The Balaban J connectivity index is 1.46. The molecule has 0 radical (unpaired) electrons. The number of hydrazine groups is 1. The third-order valence-electron chi connectivity index (χ3n) is 4.92. The van der Waals surface area contributed by atoms with Crippen LogP contribution in [0.25, 0.3) is 10.9 Å². The van der Waals surface area contributed by atoms with Crippen molar-refractivity contribution in [3.63, 3.8) is 0 Å². The van der Waals surface area contributed by atoms with Crippen LogP contribution in [0.4, 0.5) is 5.13 Å². The molecule has 3 heterocycles. The summed E-state index contributed by atoms with van der Waals surface area (Å²) < 4.78 is 7.28. The van der Waals surface area contributed by atoms with Crippen LogP contribution in [0, 0.1) is 6.92 Å². The third-order valence-corrected chi connectivity index (χ3v) is 6.14. The first-order chi connectivity index (χ1) is 14.1. The molecule has 8 nitrogen and oxygen atoms in total. The lowest BCUT2D eigenvalue weighted by molar-refractivity contribution is 0.0843. The number of nitrogens with zero attached hydrogens (tertiary/aromatic N) is 3. The quantitative estimate of drug-likeness (QED) is 0.641. The van der Waals surface area contributed by atoms with Crippen molar-refractivity contribution >= 4 is 39.2 Å². The van der Waals surface area contributed by atoms with E-state index in [0.29, 0.717) is 36.0 Å². The average molecular weight is 414 g/mol. The molecule has 2 amide bonds. The lowest BCUT2D eigenvalue weighted by Gasteiger charge is -2.25. The summed E-state index contributed by atoms with van der Waals surface area (Å²) in [4.78, 5) is 32.4. The number of aromatic nitrogens is 2. The van der Waals surface area contributed by atoms with Gasteiger partial charge in [-0.3, -0.25) is 20.4 Å². The minimum atomic E-state index is -0.369. The summed E-state index contributed by atoms with van der Waals surface area (Å²) in [7, 11) is 0. The Kier molecular flexibility index (Phi) is 5.50. The number of carbonyl (C=O) groups excluding carboxylic acids is 2. The SMILES string of the molecule is CCn1c(C(=O)NNC(=O)c2sc(N3CCOCC3)nc2C)cc2ccccc21. The average Bonchev–Trinajstić information content (AvgIpc) is 3.33. The molecule has 3 aromatic rings. The van der Waals surface area contributed by atoms with Crippen LogP contribution in [-0.2, 0) is 11.3 Å². The van der Waals surface area contributed by atoms with Crippen molar-refractivity contribution in [2.24, 2.45) is 0 Å². The van der Waals surface area contributed by atoms with E-state index in [1.54, 1.807) is 6.92 Å². The predicted octanol–water partition coefficient (Wildman–Crippen LogP) is 2.34. The highest BCUT2D eigenvalue weighted by molar-refractivity contribution is 7.17. The summed E-state index contributed by atoms with van der Waals surface area (Å²) in [6.07, 6.45) is 0. The summed E-state index contributed by atoms with van der Waals surface area (Å²) >= 11 is 1.32. The van der Waals surface area contributed by atoms with E-state index < -0.39 is 0 Å². The number of hydrogen-bond acceptors (Lipinski definition) is 6. The Morgan fingerprint density at radius 1 is 1.17 bits per heavy atom. The zero-order chi connectivity index (χ0) is 20.4. The number of amides is 2. The second kappa shape index (κ2) is 8.22. The number of para-hydroxylation sites is 1. The fraction of sp³-hybridized carbons (Fsp3) is 0.350. The van der Waals surface area contributed by atoms with Crippen LogP contribution in [0.5, 0.6) is 0 Å². The van der Waals surface area contributed by atoms with E-state index in [2.05, 4.69) is 20.7 Å². The van der Waals surface area contributed by atoms with Crippen LogP contribution in [0.1, 0.15) is 32.8 Å². The first-order valence-electron chi connectivity index (χ1n) is 9.57. The molecule has 2 N–H and O–H groups in total. The van der Waals surface area contributed by atoms with E-state index in [1.807, 2.05) is 41.8 Å². The number of thiazole rings is 1. The second-order valence-electron chi connectivity index (χ2n) is 6.75. The molecule has 1 saturated heterocycles. The van der Waals surface area contributed by atoms with Crippen LogP contribution in [0.15, 0.2) is 30.3 Å². The van der Waals surface area contributed by atoms with E-state index in [0.717, 1.165) is 29.1 Å². The van der Waals surface area contributed by atoms with Crippen molar-refractivity contribution in [2.75, 3.05) is 31.2 Å². The number of anilines is 1. The zero-order valence-corrected chi connectivity index (χ0v) is 17.2. The molecular formula is C20H23N5O3S. The molecule has 0 atom stereocenters. The van der Waals surface area contributed by atoms with Crippen molar-refractivity contribution in [3.05, 3.63) is 46.6 Å². The van der Waals surface area contributed by atoms with Gasteiger partial charge in [-0.2, -0.15) is 0 Å². The van der Waals surface area contributed by atoms with Gasteiger partial charge in [-0.15, -0.1) is 0 Å². The fourth-order valence-corrected chi connectivity index (χ4v) is 4.47. The lowest BCUT2D eigenvalue weighted by Crippen LogP contribution is -2.42. The molecule has 29 heavy (non-hydrogen) atoms. The van der Waals surface area contributed by atoms with Gasteiger partial charge in [0.1, 0.15) is 10.6 Å². The molecule has 0 unspecified atom stereocenters. The minimum Gasteiger partial charge on any atom is -0.378 e. The minimum absolute atomic E-state index is 0.355. The number of ether oxygens (including phenoxy) is 1. The van der Waals surface area contributed by atoms with Gasteiger partial charge in [0.2, 0.25) is 0 Å². The summed E-state index contributed by atoms with van der Waals surface area (Å²) in [6.45, 7) is 7.25. The zero-order valence-electron chi connectivity index (χ0n) is 16.4. The number of rotatable bonds is 4. The lowest BCUT2D eigenvalue weighted by atomic mass is 10.2. The molecular weight excluding hydrogens is 390 g/mol. The summed E-state index contributed by atoms with van der Waals surface area (Å²) in [6, 6.07) is 9.64. The number of carbonyl (C=O) groups is 2.